The van der Waals surface area contributed by atoms with Crippen LogP contribution in [0.1, 0.15) is 16.4 Å². The van der Waals surface area contributed by atoms with Crippen molar-refractivity contribution in [2.45, 2.75) is 12.3 Å². The Morgan fingerprint density at radius 3 is 2.84 bits per heavy atom. The summed E-state index contributed by atoms with van der Waals surface area (Å²) in [5.41, 5.74) is 3.20. The van der Waals surface area contributed by atoms with Crippen LogP contribution in [0.2, 0.25) is 0 Å². The molecule has 0 amide bonds. The number of aromatic nitrogens is 4. The Morgan fingerprint density at radius 1 is 1.13 bits per heavy atom. The monoisotopic (exact) mass is 437 g/mol. The Hall–Kier alpha value is -3.17. The van der Waals surface area contributed by atoms with E-state index in [4.69, 9.17) is 9.72 Å². The first-order valence-electron chi connectivity index (χ1n) is 10.0. The van der Waals surface area contributed by atoms with E-state index in [1.165, 1.54) is 40.0 Å². The fourth-order valence-corrected chi connectivity index (χ4v) is 4.97. The Labute approximate surface area is 180 Å². The maximum absolute atomic E-state index is 14.4. The first-order valence-corrected chi connectivity index (χ1v) is 10.8. The molecule has 0 aliphatic carbocycles. The molecule has 156 valence electrons. The van der Waals surface area contributed by atoms with Crippen molar-refractivity contribution in [2.75, 3.05) is 19.7 Å². The van der Waals surface area contributed by atoms with Gasteiger partial charge in [-0.1, -0.05) is 6.07 Å². The largest absolute Gasteiger partial charge is 0.492 e. The van der Waals surface area contributed by atoms with Gasteiger partial charge in [0.2, 0.25) is 0 Å². The van der Waals surface area contributed by atoms with E-state index in [0.29, 0.717) is 23.4 Å². The van der Waals surface area contributed by atoms with Crippen molar-refractivity contribution >= 4 is 11.3 Å². The molecule has 0 saturated carbocycles. The number of rotatable bonds is 3. The third-order valence-corrected chi connectivity index (χ3v) is 6.79. The van der Waals surface area contributed by atoms with Gasteiger partial charge in [0.1, 0.15) is 23.6 Å². The highest BCUT2D eigenvalue weighted by Crippen LogP contribution is 2.41. The number of nitrogens with one attached hydrogen (secondary N) is 1. The molecule has 4 aromatic rings. The predicted molar refractivity (Wildman–Crippen MR) is 113 cm³/mol. The quantitative estimate of drug-likeness (QED) is 0.526. The van der Waals surface area contributed by atoms with Crippen LogP contribution in [0.3, 0.4) is 0 Å². The summed E-state index contributed by atoms with van der Waals surface area (Å²) >= 11 is 1.49. The number of halogens is 2. The zero-order valence-corrected chi connectivity index (χ0v) is 17.1. The molecule has 6 nitrogen and oxygen atoms in total. The van der Waals surface area contributed by atoms with Crippen LogP contribution in [0.4, 0.5) is 8.78 Å². The summed E-state index contributed by atoms with van der Waals surface area (Å²) in [5, 5.41) is 8.08. The lowest BCUT2D eigenvalue weighted by atomic mass is 9.92. The Kier molecular flexibility index (Phi) is 4.32. The highest BCUT2D eigenvalue weighted by atomic mass is 32.1. The van der Waals surface area contributed by atoms with Crippen molar-refractivity contribution in [1.82, 2.24) is 25.1 Å². The maximum Gasteiger partial charge on any atom is 0.192 e. The maximum atomic E-state index is 14.4. The lowest BCUT2D eigenvalue weighted by Gasteiger charge is -2.28. The molecule has 0 atom stereocenters. The van der Waals surface area contributed by atoms with Gasteiger partial charge in [0.05, 0.1) is 12.3 Å². The van der Waals surface area contributed by atoms with E-state index in [-0.39, 0.29) is 5.69 Å². The van der Waals surface area contributed by atoms with Crippen molar-refractivity contribution in [3.05, 3.63) is 64.8 Å². The zero-order chi connectivity index (χ0) is 20.9. The first kappa shape index (κ1) is 18.6. The minimum atomic E-state index is -0.707. The van der Waals surface area contributed by atoms with Crippen LogP contribution in [-0.2, 0) is 6.42 Å². The smallest absolute Gasteiger partial charge is 0.192 e. The van der Waals surface area contributed by atoms with E-state index >= 15 is 0 Å². The fraction of sp³-hybridized carbons (Fsp3) is 0.227. The van der Waals surface area contributed by atoms with Gasteiger partial charge in [-0.05, 0) is 29.8 Å². The van der Waals surface area contributed by atoms with Gasteiger partial charge in [-0.2, -0.15) is 5.10 Å². The Bertz CT molecular complexity index is 1300. The van der Waals surface area contributed by atoms with Crippen molar-refractivity contribution in [1.29, 1.82) is 0 Å². The van der Waals surface area contributed by atoms with Crippen molar-refractivity contribution in [3.8, 4) is 33.5 Å². The second-order valence-corrected chi connectivity index (χ2v) is 8.67. The molecule has 9 heteroatoms. The molecule has 1 fully saturated rings. The second kappa shape index (κ2) is 7.21. The minimum Gasteiger partial charge on any atom is -0.492 e. The number of thiazole rings is 1. The average molecular weight is 437 g/mol. The number of ether oxygens (including phenoxy) is 1. The van der Waals surface area contributed by atoms with Crippen LogP contribution in [0.25, 0.3) is 27.8 Å². The molecule has 0 unspecified atom stereocenters. The topological polar surface area (TPSA) is 64.9 Å². The van der Waals surface area contributed by atoms with Gasteiger partial charge in [0.25, 0.3) is 0 Å². The third-order valence-electron chi connectivity index (χ3n) is 5.67. The van der Waals surface area contributed by atoms with Crippen molar-refractivity contribution < 1.29 is 13.5 Å². The number of fused-ring (bicyclic) bond motifs is 3. The lowest BCUT2D eigenvalue weighted by Crippen LogP contribution is -2.39. The van der Waals surface area contributed by atoms with Crippen LogP contribution in [-0.4, -0.2) is 39.4 Å². The van der Waals surface area contributed by atoms with E-state index in [1.807, 2.05) is 0 Å². The lowest BCUT2D eigenvalue weighted by molar-refractivity contribution is 0.326. The molecule has 0 bridgehead atoms. The summed E-state index contributed by atoms with van der Waals surface area (Å²) in [6, 6.07) is 9.70. The van der Waals surface area contributed by atoms with Gasteiger partial charge in [0, 0.05) is 41.9 Å². The highest BCUT2D eigenvalue weighted by Gasteiger charge is 2.26. The molecule has 2 aliphatic heterocycles. The first-order chi connectivity index (χ1) is 15.2. The number of benzene rings is 2. The molecule has 6 rings (SSSR count). The summed E-state index contributed by atoms with van der Waals surface area (Å²) in [6.07, 6.45) is 2.07. The van der Waals surface area contributed by atoms with Crippen LogP contribution in [0.5, 0.6) is 5.75 Å². The van der Waals surface area contributed by atoms with E-state index in [1.54, 1.807) is 0 Å². The fourth-order valence-electron chi connectivity index (χ4n) is 3.93. The molecule has 2 aromatic heterocycles. The van der Waals surface area contributed by atoms with Crippen molar-refractivity contribution in [2.24, 2.45) is 0 Å². The van der Waals surface area contributed by atoms with Crippen LogP contribution < -0.4 is 10.1 Å². The number of hydrogen-bond acceptors (Lipinski definition) is 6. The summed E-state index contributed by atoms with van der Waals surface area (Å²) < 4.78 is 35.1. The molecule has 0 spiro atoms. The summed E-state index contributed by atoms with van der Waals surface area (Å²) in [7, 11) is 0. The summed E-state index contributed by atoms with van der Waals surface area (Å²) in [6.45, 7) is 2.54. The van der Waals surface area contributed by atoms with Gasteiger partial charge in [-0.25, -0.2) is 23.4 Å². The van der Waals surface area contributed by atoms with Crippen LogP contribution >= 0.6 is 11.3 Å². The normalized spacial score (nSPS) is 15.5. The molecule has 31 heavy (non-hydrogen) atoms. The number of hydrogen-bond donors (Lipinski definition) is 1. The molecule has 1 saturated heterocycles. The Balaban J connectivity index is 1.43. The van der Waals surface area contributed by atoms with Gasteiger partial charge in [0.15, 0.2) is 16.6 Å². The molecule has 4 heterocycles. The van der Waals surface area contributed by atoms with Gasteiger partial charge in [-0.15, -0.1) is 11.3 Å². The number of nitrogens with zero attached hydrogens (tertiary/aromatic N) is 4. The highest BCUT2D eigenvalue weighted by molar-refractivity contribution is 7.15. The molecular formula is C22H17F2N5OS. The molecule has 0 radical (unpaired) electrons. The minimum absolute atomic E-state index is 0.127. The van der Waals surface area contributed by atoms with Crippen LogP contribution in [0, 0.1) is 11.6 Å². The Morgan fingerprint density at radius 2 is 2.03 bits per heavy atom. The van der Waals surface area contributed by atoms with E-state index in [9.17, 15) is 8.78 Å². The molecule has 2 aromatic carbocycles. The zero-order valence-electron chi connectivity index (χ0n) is 16.3. The summed E-state index contributed by atoms with van der Waals surface area (Å²) in [5.74, 6) is 0.431. The SMILES string of the molecule is Fc1ccc(-n2ncnc2-c2nc3c(s2)CCOc2cc(C4CNC4)ccc2-3)c(F)c1. The predicted octanol–water partition coefficient (Wildman–Crippen LogP) is 3.96. The molecule has 1 N–H and O–H groups in total. The van der Waals surface area contributed by atoms with Gasteiger partial charge < -0.3 is 10.1 Å². The van der Waals surface area contributed by atoms with Crippen molar-refractivity contribution in [3.63, 3.8) is 0 Å². The van der Waals surface area contributed by atoms with Crippen LogP contribution in [0.15, 0.2) is 42.7 Å². The third kappa shape index (κ3) is 3.12. The van der Waals surface area contributed by atoms with E-state index < -0.39 is 11.6 Å². The average Bonchev–Trinajstić information content (AvgIpc) is 3.31. The van der Waals surface area contributed by atoms with Gasteiger partial charge >= 0.3 is 0 Å². The van der Waals surface area contributed by atoms with E-state index in [0.717, 1.165) is 47.5 Å². The second-order valence-electron chi connectivity index (χ2n) is 7.59. The van der Waals surface area contributed by atoms with E-state index in [2.05, 4.69) is 33.6 Å². The molecule has 2 aliphatic rings. The summed E-state index contributed by atoms with van der Waals surface area (Å²) in [4.78, 5) is 10.2. The molecular weight excluding hydrogens is 420 g/mol. The standard InChI is InChI=1S/C22H17F2N5OS/c23-14-2-4-17(16(24)8-14)29-21(26-11-27-29)22-28-20-15-3-1-12(13-9-25-10-13)7-18(15)30-6-5-19(20)31-22/h1-4,7-8,11,13,25H,5-6,9-10H2. The van der Waals surface area contributed by atoms with Gasteiger partial charge in [-0.3, -0.25) is 0 Å².